The summed E-state index contributed by atoms with van der Waals surface area (Å²) in [7, 11) is 1.58. The number of hydrogen-bond acceptors (Lipinski definition) is 5. The van der Waals surface area contributed by atoms with Crippen molar-refractivity contribution in [2.24, 2.45) is 0 Å². The number of methoxy groups -OCH3 is 1. The van der Waals surface area contributed by atoms with E-state index >= 15 is 0 Å². The predicted octanol–water partition coefficient (Wildman–Crippen LogP) is 6.21. The van der Waals surface area contributed by atoms with Crippen LogP contribution in [0.4, 0.5) is 11.4 Å². The predicted molar refractivity (Wildman–Crippen MR) is 117 cm³/mol. The van der Waals surface area contributed by atoms with Gasteiger partial charge in [0.15, 0.2) is 11.5 Å². The molecule has 29 heavy (non-hydrogen) atoms. The molecule has 1 N–H and O–H groups in total. The summed E-state index contributed by atoms with van der Waals surface area (Å²) in [6.07, 6.45) is 0. The Kier molecular flexibility index (Phi) is 6.95. The summed E-state index contributed by atoms with van der Waals surface area (Å²) < 4.78 is 12.2. The van der Waals surface area contributed by atoms with E-state index in [0.29, 0.717) is 29.7 Å². The Balaban J connectivity index is 1.69. The molecule has 8 heteroatoms. The van der Waals surface area contributed by atoms with Crippen LogP contribution in [0.1, 0.15) is 11.1 Å². The van der Waals surface area contributed by atoms with Crippen molar-refractivity contribution in [2.75, 3.05) is 12.4 Å². The first-order chi connectivity index (χ1) is 14.0. The van der Waals surface area contributed by atoms with Gasteiger partial charge in [-0.3, -0.25) is 10.1 Å². The molecule has 6 nitrogen and oxygen atoms in total. The largest absolute Gasteiger partial charge is 0.493 e. The van der Waals surface area contributed by atoms with Crippen LogP contribution in [0.25, 0.3) is 0 Å². The van der Waals surface area contributed by atoms with Gasteiger partial charge >= 0.3 is 0 Å². The number of nitro groups is 1. The first-order valence-electron chi connectivity index (χ1n) is 8.68. The number of nitro benzene ring substituents is 1. The number of nitrogens with one attached hydrogen (secondary N) is 1. The summed E-state index contributed by atoms with van der Waals surface area (Å²) in [6.45, 7) is 0.872. The van der Waals surface area contributed by atoms with Gasteiger partial charge in [-0.1, -0.05) is 23.7 Å². The maximum absolute atomic E-state index is 10.7. The van der Waals surface area contributed by atoms with Gasteiger partial charge in [0.1, 0.15) is 6.61 Å². The molecule has 0 heterocycles. The van der Waals surface area contributed by atoms with Gasteiger partial charge in [-0.15, -0.1) is 0 Å². The summed E-state index contributed by atoms with van der Waals surface area (Å²) >= 11 is 9.56. The van der Waals surface area contributed by atoms with Crippen molar-refractivity contribution in [3.63, 3.8) is 0 Å². The number of non-ortho nitro benzene ring substituents is 1. The van der Waals surface area contributed by atoms with Crippen molar-refractivity contribution in [3.05, 3.63) is 91.4 Å². The van der Waals surface area contributed by atoms with Crippen LogP contribution < -0.4 is 14.8 Å². The highest BCUT2D eigenvalue weighted by atomic mass is 79.9. The fraction of sp³-hybridized carbons (Fsp3) is 0.143. The normalized spacial score (nSPS) is 10.4. The summed E-state index contributed by atoms with van der Waals surface area (Å²) in [6, 6.07) is 17.6. The van der Waals surface area contributed by atoms with Crippen molar-refractivity contribution >= 4 is 38.9 Å². The first-order valence-corrected chi connectivity index (χ1v) is 9.85. The van der Waals surface area contributed by atoms with E-state index in [2.05, 4.69) is 21.2 Å². The smallest absolute Gasteiger partial charge is 0.269 e. The summed E-state index contributed by atoms with van der Waals surface area (Å²) in [5.41, 5.74) is 2.76. The molecule has 3 aromatic carbocycles. The van der Waals surface area contributed by atoms with E-state index in [0.717, 1.165) is 21.3 Å². The summed E-state index contributed by atoms with van der Waals surface area (Å²) in [5.74, 6) is 1.20. The molecule has 0 bridgehead atoms. The molecule has 150 valence electrons. The molecule has 3 rings (SSSR count). The van der Waals surface area contributed by atoms with E-state index in [1.807, 2.05) is 36.4 Å². The zero-order valence-corrected chi connectivity index (χ0v) is 17.9. The molecule has 0 aliphatic rings. The monoisotopic (exact) mass is 476 g/mol. The number of ether oxygens (including phenoxy) is 2. The van der Waals surface area contributed by atoms with Crippen LogP contribution in [0.3, 0.4) is 0 Å². The van der Waals surface area contributed by atoms with Crippen LogP contribution in [0.15, 0.2) is 65.1 Å². The van der Waals surface area contributed by atoms with Crippen LogP contribution in [0.5, 0.6) is 11.5 Å². The summed E-state index contributed by atoms with van der Waals surface area (Å²) in [4.78, 5) is 10.3. The Labute approximate surface area is 181 Å². The fourth-order valence-corrected chi connectivity index (χ4v) is 3.52. The third-order valence-corrected chi connectivity index (χ3v) is 4.96. The highest BCUT2D eigenvalue weighted by Crippen LogP contribution is 2.37. The minimum absolute atomic E-state index is 0.0566. The Morgan fingerprint density at radius 3 is 2.52 bits per heavy atom. The molecular formula is C21H18BrClN2O4. The molecule has 0 saturated heterocycles. The maximum atomic E-state index is 10.7. The Morgan fingerprint density at radius 2 is 1.86 bits per heavy atom. The van der Waals surface area contributed by atoms with Crippen molar-refractivity contribution < 1.29 is 14.4 Å². The fourth-order valence-electron chi connectivity index (χ4n) is 2.70. The lowest BCUT2D eigenvalue weighted by atomic mass is 10.2. The van der Waals surface area contributed by atoms with Crippen LogP contribution >= 0.6 is 27.5 Å². The zero-order valence-electron chi connectivity index (χ0n) is 15.5. The first kappa shape index (κ1) is 21.0. The van der Waals surface area contributed by atoms with Gasteiger partial charge in [0.25, 0.3) is 5.69 Å². The minimum atomic E-state index is -0.423. The molecular weight excluding hydrogens is 460 g/mol. The summed E-state index contributed by atoms with van der Waals surface area (Å²) in [5, 5.41) is 14.6. The van der Waals surface area contributed by atoms with Gasteiger partial charge < -0.3 is 14.8 Å². The lowest BCUT2D eigenvalue weighted by Gasteiger charge is -2.15. The van der Waals surface area contributed by atoms with Crippen LogP contribution in [-0.4, -0.2) is 12.0 Å². The molecule has 0 saturated carbocycles. The van der Waals surface area contributed by atoms with E-state index in [1.54, 1.807) is 19.2 Å². The molecule has 0 spiro atoms. The van der Waals surface area contributed by atoms with E-state index < -0.39 is 4.92 Å². The van der Waals surface area contributed by atoms with Crippen LogP contribution in [-0.2, 0) is 13.2 Å². The van der Waals surface area contributed by atoms with Crippen molar-refractivity contribution in [1.82, 2.24) is 0 Å². The topological polar surface area (TPSA) is 73.6 Å². The van der Waals surface area contributed by atoms with E-state index in [9.17, 15) is 10.1 Å². The van der Waals surface area contributed by atoms with Gasteiger partial charge in [0.05, 0.1) is 16.5 Å². The second-order valence-electron chi connectivity index (χ2n) is 6.19. The quantitative estimate of drug-likeness (QED) is 0.308. The van der Waals surface area contributed by atoms with E-state index in [4.69, 9.17) is 21.1 Å². The lowest BCUT2D eigenvalue weighted by molar-refractivity contribution is -0.384. The number of hydrogen-bond donors (Lipinski definition) is 1. The molecule has 0 aromatic heterocycles. The third-order valence-electron chi connectivity index (χ3n) is 4.14. The standard InChI is InChI=1S/C21H18BrClN2O4/c1-28-20-11-15(12-24-17-5-7-18(8-6-17)25(26)27)10-19(22)21(20)29-13-14-3-2-4-16(23)9-14/h2-11,24H,12-13H2,1H3. The van der Waals surface area contributed by atoms with E-state index in [-0.39, 0.29) is 5.69 Å². The Hall–Kier alpha value is -2.77. The van der Waals surface area contributed by atoms with Crippen LogP contribution in [0.2, 0.25) is 5.02 Å². The number of anilines is 1. The van der Waals surface area contributed by atoms with Gasteiger partial charge in [0, 0.05) is 29.4 Å². The highest BCUT2D eigenvalue weighted by molar-refractivity contribution is 9.10. The van der Waals surface area contributed by atoms with E-state index in [1.165, 1.54) is 12.1 Å². The molecule has 0 fully saturated rings. The number of nitrogens with zero attached hydrogens (tertiary/aromatic N) is 1. The van der Waals surface area contributed by atoms with Gasteiger partial charge in [-0.25, -0.2) is 0 Å². The Bertz CT molecular complexity index is 1010. The molecule has 0 aliphatic heterocycles. The lowest BCUT2D eigenvalue weighted by Crippen LogP contribution is -2.03. The molecule has 0 unspecified atom stereocenters. The molecule has 3 aromatic rings. The number of rotatable bonds is 8. The average molecular weight is 478 g/mol. The molecule has 0 atom stereocenters. The highest BCUT2D eigenvalue weighted by Gasteiger charge is 2.12. The molecule has 0 radical (unpaired) electrons. The number of halogens is 2. The SMILES string of the molecule is COc1cc(CNc2ccc([N+](=O)[O-])cc2)cc(Br)c1OCc1cccc(Cl)c1. The van der Waals surface area contributed by atoms with Gasteiger partial charge in [-0.05, 0) is 63.5 Å². The Morgan fingerprint density at radius 1 is 1.10 bits per heavy atom. The third kappa shape index (κ3) is 5.62. The van der Waals surface area contributed by atoms with Crippen molar-refractivity contribution in [1.29, 1.82) is 0 Å². The van der Waals surface area contributed by atoms with Crippen molar-refractivity contribution in [2.45, 2.75) is 13.2 Å². The van der Waals surface area contributed by atoms with Crippen molar-refractivity contribution in [3.8, 4) is 11.5 Å². The number of benzene rings is 3. The van der Waals surface area contributed by atoms with Gasteiger partial charge in [-0.2, -0.15) is 0 Å². The molecule has 0 amide bonds. The van der Waals surface area contributed by atoms with Gasteiger partial charge in [0.2, 0.25) is 0 Å². The van der Waals surface area contributed by atoms with Crippen LogP contribution in [0, 0.1) is 10.1 Å². The average Bonchev–Trinajstić information content (AvgIpc) is 2.71. The molecule has 0 aliphatic carbocycles. The minimum Gasteiger partial charge on any atom is -0.493 e. The zero-order chi connectivity index (χ0) is 20.8. The second-order valence-corrected chi connectivity index (χ2v) is 7.48. The maximum Gasteiger partial charge on any atom is 0.269 e. The second kappa shape index (κ2) is 9.62.